The Morgan fingerprint density at radius 1 is 1.29 bits per heavy atom. The van der Waals surface area contributed by atoms with Crippen molar-refractivity contribution in [1.82, 2.24) is 14.8 Å². The number of amides is 1. The summed E-state index contributed by atoms with van der Waals surface area (Å²) < 4.78 is 30.6. The van der Waals surface area contributed by atoms with Crippen LogP contribution in [0.1, 0.15) is 33.3 Å². The molecule has 1 aliphatic heterocycles. The van der Waals surface area contributed by atoms with Crippen molar-refractivity contribution in [3.8, 4) is 17.0 Å². The lowest BCUT2D eigenvalue weighted by molar-refractivity contribution is 0.0133. The fraction of sp³-hybridized carbons (Fsp3) is 0.458. The van der Waals surface area contributed by atoms with Gasteiger partial charge in [0.25, 0.3) is 0 Å². The number of carbonyl (C=O) groups is 1. The van der Waals surface area contributed by atoms with Crippen LogP contribution >= 0.6 is 23.2 Å². The van der Waals surface area contributed by atoms with Crippen molar-refractivity contribution < 1.29 is 23.4 Å². The van der Waals surface area contributed by atoms with Crippen molar-refractivity contribution >= 4 is 35.1 Å². The number of nitrogens with zero attached hydrogens (tertiary/aromatic N) is 3. The molecule has 190 valence electrons. The highest BCUT2D eigenvalue weighted by Crippen LogP contribution is 2.38. The Morgan fingerprint density at radius 2 is 2.00 bits per heavy atom. The number of amidine groups is 1. The highest BCUT2D eigenvalue weighted by atomic mass is 35.5. The summed E-state index contributed by atoms with van der Waals surface area (Å²) in [5.41, 5.74) is -0.142. The Balaban J connectivity index is 1.84. The molecule has 0 spiro atoms. The number of benzene rings is 1. The third kappa shape index (κ3) is 6.34. The Bertz CT molecular complexity index is 1110. The number of ether oxygens (including phenoxy) is 3. The highest BCUT2D eigenvalue weighted by molar-refractivity contribution is 6.36. The SMILES string of the molecule is COCOc1cccc(F)c1-c1nc(Cl)c(C(=N)N2CCN(C(=O)OC(C)(C)C)C[C@@H]2C)cc1Cl. The van der Waals surface area contributed by atoms with E-state index in [1.807, 2.05) is 32.6 Å². The van der Waals surface area contributed by atoms with E-state index in [0.29, 0.717) is 25.2 Å². The van der Waals surface area contributed by atoms with Crippen LogP contribution in [-0.4, -0.2) is 71.9 Å². The van der Waals surface area contributed by atoms with Crippen LogP contribution in [-0.2, 0) is 9.47 Å². The van der Waals surface area contributed by atoms with E-state index < -0.39 is 11.4 Å². The molecule has 11 heteroatoms. The fourth-order valence-electron chi connectivity index (χ4n) is 3.72. The maximum Gasteiger partial charge on any atom is 0.410 e. The summed E-state index contributed by atoms with van der Waals surface area (Å²) in [7, 11) is 1.45. The number of piperazine rings is 1. The van der Waals surface area contributed by atoms with Gasteiger partial charge < -0.3 is 24.0 Å². The summed E-state index contributed by atoms with van der Waals surface area (Å²) in [6.45, 7) is 8.43. The van der Waals surface area contributed by atoms with E-state index in [0.717, 1.165) is 0 Å². The molecule has 1 aliphatic rings. The quantitative estimate of drug-likeness (QED) is 0.241. The zero-order valence-corrected chi connectivity index (χ0v) is 21.8. The molecule has 0 saturated carbocycles. The van der Waals surface area contributed by atoms with Crippen molar-refractivity contribution in [2.45, 2.75) is 39.3 Å². The second kappa shape index (κ2) is 11.0. The molecule has 0 unspecified atom stereocenters. The van der Waals surface area contributed by atoms with Crippen LogP contribution < -0.4 is 4.74 Å². The Hall–Kier alpha value is -2.62. The summed E-state index contributed by atoms with van der Waals surface area (Å²) in [4.78, 5) is 20.2. The molecule has 0 aliphatic carbocycles. The van der Waals surface area contributed by atoms with Crippen LogP contribution in [0.4, 0.5) is 9.18 Å². The van der Waals surface area contributed by atoms with Crippen molar-refractivity contribution in [2.24, 2.45) is 0 Å². The van der Waals surface area contributed by atoms with Crippen molar-refractivity contribution in [3.63, 3.8) is 0 Å². The topological polar surface area (TPSA) is 88.0 Å². The second-order valence-electron chi connectivity index (χ2n) is 9.14. The Morgan fingerprint density at radius 3 is 2.63 bits per heavy atom. The number of rotatable bonds is 5. The molecule has 1 saturated heterocycles. The largest absolute Gasteiger partial charge is 0.467 e. The molecule has 1 amide bonds. The molecule has 2 heterocycles. The van der Waals surface area contributed by atoms with Gasteiger partial charge in [-0.05, 0) is 45.9 Å². The van der Waals surface area contributed by atoms with E-state index in [1.54, 1.807) is 11.0 Å². The molecule has 35 heavy (non-hydrogen) atoms. The van der Waals surface area contributed by atoms with Gasteiger partial charge >= 0.3 is 6.09 Å². The molecular formula is C24H29Cl2FN4O4. The van der Waals surface area contributed by atoms with Crippen LogP contribution in [0.5, 0.6) is 5.75 Å². The van der Waals surface area contributed by atoms with Gasteiger partial charge in [-0.3, -0.25) is 5.41 Å². The minimum absolute atomic E-state index is 0.00267. The summed E-state index contributed by atoms with van der Waals surface area (Å²) in [5.74, 6) is -0.275. The fourth-order valence-corrected chi connectivity index (χ4v) is 4.20. The molecular weight excluding hydrogens is 498 g/mol. The summed E-state index contributed by atoms with van der Waals surface area (Å²) in [6, 6.07) is 5.66. The molecule has 1 atom stereocenters. The number of aromatic nitrogens is 1. The molecule has 0 radical (unpaired) electrons. The summed E-state index contributed by atoms with van der Waals surface area (Å²) in [6.07, 6.45) is -0.390. The molecule has 8 nitrogen and oxygen atoms in total. The average molecular weight is 527 g/mol. The third-order valence-electron chi connectivity index (χ3n) is 5.30. The minimum Gasteiger partial charge on any atom is -0.467 e. The monoisotopic (exact) mass is 526 g/mol. The molecule has 3 rings (SSSR count). The zero-order valence-electron chi connectivity index (χ0n) is 20.3. The number of carbonyl (C=O) groups excluding carboxylic acids is 1. The van der Waals surface area contributed by atoms with Gasteiger partial charge in [0.05, 0.1) is 21.8 Å². The average Bonchev–Trinajstić information content (AvgIpc) is 2.77. The predicted molar refractivity (Wildman–Crippen MR) is 133 cm³/mol. The van der Waals surface area contributed by atoms with Gasteiger partial charge in [0.2, 0.25) is 0 Å². The smallest absolute Gasteiger partial charge is 0.410 e. The van der Waals surface area contributed by atoms with E-state index in [-0.39, 0.29) is 51.9 Å². The highest BCUT2D eigenvalue weighted by Gasteiger charge is 2.32. The first kappa shape index (κ1) is 27.0. The molecule has 1 N–H and O–H groups in total. The van der Waals surface area contributed by atoms with Gasteiger partial charge in [-0.1, -0.05) is 29.3 Å². The maximum absolute atomic E-state index is 14.7. The van der Waals surface area contributed by atoms with Crippen LogP contribution in [0.3, 0.4) is 0 Å². The molecule has 2 aromatic rings. The molecule has 1 aromatic heterocycles. The number of nitrogens with one attached hydrogen (secondary N) is 1. The van der Waals surface area contributed by atoms with Gasteiger partial charge in [0.1, 0.15) is 28.2 Å². The van der Waals surface area contributed by atoms with E-state index in [4.69, 9.17) is 42.8 Å². The first-order valence-electron chi connectivity index (χ1n) is 11.0. The number of halogens is 3. The third-order valence-corrected chi connectivity index (χ3v) is 5.87. The lowest BCUT2D eigenvalue weighted by atomic mass is 10.1. The van der Waals surface area contributed by atoms with Gasteiger partial charge in [0, 0.05) is 32.8 Å². The number of hydrogen-bond acceptors (Lipinski definition) is 6. The van der Waals surface area contributed by atoms with E-state index in [9.17, 15) is 9.18 Å². The van der Waals surface area contributed by atoms with Gasteiger partial charge in [0.15, 0.2) is 6.79 Å². The van der Waals surface area contributed by atoms with Gasteiger partial charge in [-0.2, -0.15) is 0 Å². The van der Waals surface area contributed by atoms with Crippen LogP contribution in [0.15, 0.2) is 24.3 Å². The lowest BCUT2D eigenvalue weighted by Crippen LogP contribution is -2.56. The lowest BCUT2D eigenvalue weighted by Gasteiger charge is -2.41. The maximum atomic E-state index is 14.7. The van der Waals surface area contributed by atoms with Crippen LogP contribution in [0, 0.1) is 11.2 Å². The number of pyridine rings is 1. The molecule has 1 aromatic carbocycles. The van der Waals surface area contributed by atoms with E-state index in [1.165, 1.54) is 25.3 Å². The van der Waals surface area contributed by atoms with Gasteiger partial charge in [-0.15, -0.1) is 0 Å². The van der Waals surface area contributed by atoms with Crippen molar-refractivity contribution in [1.29, 1.82) is 5.41 Å². The minimum atomic E-state index is -0.589. The number of methoxy groups -OCH3 is 1. The zero-order chi connectivity index (χ0) is 25.9. The van der Waals surface area contributed by atoms with Crippen molar-refractivity contribution in [2.75, 3.05) is 33.5 Å². The summed E-state index contributed by atoms with van der Waals surface area (Å²) in [5, 5.41) is 8.86. The Kier molecular flexibility index (Phi) is 8.46. The van der Waals surface area contributed by atoms with Crippen LogP contribution in [0.25, 0.3) is 11.3 Å². The standard InChI is InChI=1S/C24H29Cl2FN4O4/c1-14-12-30(23(32)35-24(2,3)4)9-10-31(14)22(28)15-11-16(25)20(29-21(15)26)19-17(27)7-6-8-18(19)34-13-33-5/h6-8,11,14,28H,9-10,12-13H2,1-5H3/t14-/m0/s1. The van der Waals surface area contributed by atoms with E-state index >= 15 is 0 Å². The molecule has 0 bridgehead atoms. The predicted octanol–water partition coefficient (Wildman–Crippen LogP) is 5.44. The normalized spacial score (nSPS) is 16.3. The first-order chi connectivity index (χ1) is 16.4. The number of hydrogen-bond donors (Lipinski definition) is 1. The second-order valence-corrected chi connectivity index (χ2v) is 9.90. The van der Waals surface area contributed by atoms with E-state index in [2.05, 4.69) is 4.98 Å². The van der Waals surface area contributed by atoms with Crippen LogP contribution in [0.2, 0.25) is 10.2 Å². The van der Waals surface area contributed by atoms with Gasteiger partial charge in [-0.25, -0.2) is 14.2 Å². The molecule has 1 fully saturated rings. The summed E-state index contributed by atoms with van der Waals surface area (Å²) >= 11 is 13.0. The van der Waals surface area contributed by atoms with Crippen molar-refractivity contribution in [3.05, 3.63) is 45.8 Å². The first-order valence-corrected chi connectivity index (χ1v) is 11.8. The Labute approximate surface area is 214 Å².